The van der Waals surface area contributed by atoms with Gasteiger partial charge in [-0.3, -0.25) is 6.92 Å². The van der Waals surface area contributed by atoms with E-state index in [-0.39, 0.29) is 32.7 Å². The minimum absolute atomic E-state index is 0. The molecule has 0 aromatic heterocycles. The van der Waals surface area contributed by atoms with Crippen LogP contribution < -0.4 is 0 Å². The number of carbonyl (C=O) groups excluding carboxylic acids is 1. The van der Waals surface area contributed by atoms with Crippen LogP contribution in [0.2, 0.25) is 0 Å². The van der Waals surface area contributed by atoms with Gasteiger partial charge in [0.2, 0.25) is 0 Å². The minimum atomic E-state index is 0. The summed E-state index contributed by atoms with van der Waals surface area (Å²) in [4.78, 5) is 9.57. The van der Waals surface area contributed by atoms with Gasteiger partial charge >= 0.3 is 0 Å². The first-order valence-electron chi connectivity index (χ1n) is 1.57. The predicted molar refractivity (Wildman–Crippen MR) is 24.9 cm³/mol. The van der Waals surface area contributed by atoms with Crippen LogP contribution in [0.3, 0.4) is 0 Å². The van der Waals surface area contributed by atoms with Crippen molar-refractivity contribution in [1.29, 1.82) is 0 Å². The molecule has 0 bridgehead atoms. The van der Waals surface area contributed by atoms with Crippen molar-refractivity contribution < 1.29 is 37.5 Å². The van der Waals surface area contributed by atoms with E-state index in [1.165, 1.54) is 6.08 Å². The Morgan fingerprint density at radius 1 is 1.57 bits per heavy atom. The summed E-state index contributed by atoms with van der Waals surface area (Å²) in [6.45, 7) is 6.61. The van der Waals surface area contributed by atoms with Gasteiger partial charge in [-0.2, -0.15) is 0 Å². The van der Waals surface area contributed by atoms with Gasteiger partial charge in [-0.25, -0.2) is 0 Å². The van der Waals surface area contributed by atoms with Gasteiger partial charge in [-0.15, -0.1) is 0 Å². The van der Waals surface area contributed by atoms with Crippen LogP contribution in [0.15, 0.2) is 11.6 Å². The summed E-state index contributed by atoms with van der Waals surface area (Å²) in [6, 6.07) is 0. The number of hydrogen-bond acceptors (Lipinski definition) is 1. The van der Waals surface area contributed by atoms with Gasteiger partial charge in [0.1, 0.15) is 0 Å². The smallest absolute Gasteiger partial charge is 0 e. The third kappa shape index (κ3) is 6.25. The molecule has 0 atom stereocenters. The number of rotatable bonds is 1. The molecule has 0 amide bonds. The predicted octanol–water partition coefficient (Wildman–Crippen LogP) is 0.777. The zero-order valence-corrected chi connectivity index (χ0v) is 6.89. The van der Waals surface area contributed by atoms with E-state index in [0.29, 0.717) is 11.9 Å². The Bertz CT molecular complexity index is 76.1. The van der Waals surface area contributed by atoms with Gasteiger partial charge in [-0.05, 0) is 6.29 Å². The largest absolute Gasteiger partial charge is 0.395 e. The summed E-state index contributed by atoms with van der Waals surface area (Å²) in [5, 5.41) is 0. The molecule has 0 aliphatic heterocycles. The molecule has 0 fully saturated rings. The molecule has 7 heavy (non-hydrogen) atoms. The van der Waals surface area contributed by atoms with Crippen LogP contribution in [0.4, 0.5) is 0 Å². The summed E-state index contributed by atoms with van der Waals surface area (Å²) >= 11 is 0. The zero-order valence-electron chi connectivity index (χ0n) is 4.05. The number of carbonyl (C=O) groups is 1. The maximum Gasteiger partial charge on any atom is 0 e. The van der Waals surface area contributed by atoms with Crippen molar-refractivity contribution in [2.75, 3.05) is 0 Å². The molecule has 0 spiro atoms. The van der Waals surface area contributed by atoms with Crippen LogP contribution in [0.25, 0.3) is 0 Å². The van der Waals surface area contributed by atoms with Crippen LogP contribution in [-0.2, 0) is 37.5 Å². The fourth-order valence-corrected chi connectivity index (χ4v) is 0.0481. The van der Waals surface area contributed by atoms with Gasteiger partial charge in [0.05, 0.1) is 0 Å². The molecule has 0 saturated carbocycles. The zero-order chi connectivity index (χ0) is 4.99. The third-order valence-corrected chi connectivity index (χ3v) is 0.414. The van der Waals surface area contributed by atoms with Crippen molar-refractivity contribution in [3.8, 4) is 0 Å². The van der Waals surface area contributed by atoms with E-state index in [4.69, 9.17) is 0 Å². The Balaban J connectivity index is 0. The van der Waals surface area contributed by atoms with Crippen molar-refractivity contribution in [3.05, 3.63) is 25.5 Å². The average molecular weight is 171 g/mol. The molecule has 0 rings (SSSR count). The van der Waals surface area contributed by atoms with E-state index in [1.54, 1.807) is 0 Å². The molecule has 2 heteroatoms. The molecular formula is C5H6OY-2. The van der Waals surface area contributed by atoms with Gasteiger partial charge in [0, 0.05) is 32.7 Å². The van der Waals surface area contributed by atoms with Gasteiger partial charge < -0.3 is 23.4 Å². The fourth-order valence-electron chi connectivity index (χ4n) is 0.0481. The molecule has 0 N–H and O–H groups in total. The van der Waals surface area contributed by atoms with E-state index in [9.17, 15) is 4.79 Å². The second-order valence-corrected chi connectivity index (χ2v) is 0.897. The van der Waals surface area contributed by atoms with E-state index in [1.807, 2.05) is 0 Å². The first-order chi connectivity index (χ1) is 2.81. The summed E-state index contributed by atoms with van der Waals surface area (Å²) in [7, 11) is 0. The standard InChI is InChI=1S/C5H6O.Y/c1-3-5(2)4-6;/h3-4H,1-2H2;/q-2;/b5-3+;. The van der Waals surface area contributed by atoms with E-state index in [2.05, 4.69) is 13.8 Å². The molecule has 0 heterocycles. The van der Waals surface area contributed by atoms with Crippen molar-refractivity contribution in [2.24, 2.45) is 0 Å². The second-order valence-electron chi connectivity index (χ2n) is 0.897. The molecule has 37 valence electrons. The summed E-state index contributed by atoms with van der Waals surface area (Å²) in [6.07, 6.45) is 2.07. The quantitative estimate of drug-likeness (QED) is 0.323. The SMILES string of the molecule is [CH2-]/C=C(\[CH2-])C=O.[Y]. The molecule has 0 saturated heterocycles. The normalized spacial score (nSPS) is 9.43. The van der Waals surface area contributed by atoms with Crippen LogP contribution in [0.5, 0.6) is 0 Å². The van der Waals surface area contributed by atoms with Crippen LogP contribution in [0, 0.1) is 13.8 Å². The Morgan fingerprint density at radius 2 is 2.00 bits per heavy atom. The van der Waals surface area contributed by atoms with E-state index < -0.39 is 0 Å². The topological polar surface area (TPSA) is 17.1 Å². The molecule has 0 unspecified atom stereocenters. The first kappa shape index (κ1) is 10.3. The Morgan fingerprint density at radius 3 is 2.00 bits per heavy atom. The summed E-state index contributed by atoms with van der Waals surface area (Å²) in [5.41, 5.74) is 0.426. The Labute approximate surface area is 69.1 Å². The van der Waals surface area contributed by atoms with Crippen LogP contribution >= 0.6 is 0 Å². The van der Waals surface area contributed by atoms with Crippen LogP contribution in [-0.4, -0.2) is 6.29 Å². The molecule has 1 nitrogen and oxygen atoms in total. The number of aldehydes is 1. The Hall–Kier alpha value is 0.254. The molecule has 0 aliphatic carbocycles. The van der Waals surface area contributed by atoms with Crippen molar-refractivity contribution >= 4 is 6.29 Å². The number of hydrogen-bond donors (Lipinski definition) is 0. The second kappa shape index (κ2) is 6.25. The van der Waals surface area contributed by atoms with Crippen molar-refractivity contribution in [3.63, 3.8) is 0 Å². The van der Waals surface area contributed by atoms with Gasteiger partial charge in [0.15, 0.2) is 0 Å². The van der Waals surface area contributed by atoms with E-state index in [0.717, 1.165) is 0 Å². The fraction of sp³-hybridized carbons (Fsp3) is 0. The van der Waals surface area contributed by atoms with Crippen molar-refractivity contribution in [2.45, 2.75) is 0 Å². The maximum atomic E-state index is 9.57. The molecule has 0 aromatic rings. The molecule has 0 aliphatic rings. The van der Waals surface area contributed by atoms with Crippen LogP contribution in [0.1, 0.15) is 0 Å². The summed E-state index contributed by atoms with van der Waals surface area (Å²) < 4.78 is 0. The molecule has 0 aromatic carbocycles. The van der Waals surface area contributed by atoms with Gasteiger partial charge in [0.25, 0.3) is 0 Å². The number of allylic oxidation sites excluding steroid dienone is 2. The van der Waals surface area contributed by atoms with E-state index >= 15 is 0 Å². The van der Waals surface area contributed by atoms with Crippen molar-refractivity contribution in [1.82, 2.24) is 0 Å². The monoisotopic (exact) mass is 171 g/mol. The average Bonchev–Trinajstić information content (AvgIpc) is 1.65. The van der Waals surface area contributed by atoms with Gasteiger partial charge in [-0.1, -0.05) is 0 Å². The summed E-state index contributed by atoms with van der Waals surface area (Å²) in [5.74, 6) is 0. The molecule has 1 radical (unpaired) electrons. The Kier molecular flexibility index (Phi) is 9.18. The minimum Gasteiger partial charge on any atom is -0.395 e. The molecular weight excluding hydrogens is 165 g/mol. The first-order valence-corrected chi connectivity index (χ1v) is 1.57. The third-order valence-electron chi connectivity index (χ3n) is 0.414. The maximum absolute atomic E-state index is 9.57.